The molecule has 2 aromatic rings. The molecule has 2 N–H and O–H groups in total. The average molecular weight is 304 g/mol. The van der Waals surface area contributed by atoms with Crippen LogP contribution >= 0.6 is 11.3 Å². The number of aryl methyl sites for hydroxylation is 1. The number of nitrogens with zero attached hydrogens (tertiary/aromatic N) is 1. The van der Waals surface area contributed by atoms with E-state index in [4.69, 9.17) is 10.5 Å². The summed E-state index contributed by atoms with van der Waals surface area (Å²) in [6, 6.07) is 6.48. The maximum Gasteiger partial charge on any atom is 0.266 e. The van der Waals surface area contributed by atoms with Crippen LogP contribution in [0.25, 0.3) is 10.1 Å². The number of anilines is 1. The number of amides is 1. The fourth-order valence-electron chi connectivity index (χ4n) is 2.54. The Hall–Kier alpha value is -1.59. The van der Waals surface area contributed by atoms with Crippen LogP contribution in [0.1, 0.15) is 28.1 Å². The molecule has 1 amide bonds. The molecule has 0 aliphatic heterocycles. The van der Waals surface area contributed by atoms with E-state index in [-0.39, 0.29) is 5.91 Å². The molecule has 0 bridgehead atoms. The van der Waals surface area contributed by atoms with Gasteiger partial charge in [-0.3, -0.25) is 4.79 Å². The highest BCUT2D eigenvalue weighted by Crippen LogP contribution is 2.37. The number of rotatable bonds is 5. The number of nitrogen functional groups attached to an aromatic ring is 1. The minimum atomic E-state index is 0.0471. The fraction of sp³-hybridized carbons (Fsp3) is 0.438. The molecule has 0 spiro atoms. The summed E-state index contributed by atoms with van der Waals surface area (Å²) in [6.07, 6.45) is 2.17. The fourth-order valence-corrected chi connectivity index (χ4v) is 3.72. The van der Waals surface area contributed by atoms with Crippen molar-refractivity contribution in [2.24, 2.45) is 0 Å². The maximum absolute atomic E-state index is 12.8. The van der Waals surface area contributed by atoms with Gasteiger partial charge in [0.15, 0.2) is 0 Å². The summed E-state index contributed by atoms with van der Waals surface area (Å²) in [5.41, 5.74) is 8.00. The Labute approximate surface area is 128 Å². The maximum atomic E-state index is 12.8. The molecule has 5 heteroatoms. The van der Waals surface area contributed by atoms with Gasteiger partial charge in [0.2, 0.25) is 0 Å². The Kier molecular flexibility index (Phi) is 3.87. The third-order valence-corrected chi connectivity index (χ3v) is 5.02. The standard InChI is InChI=1S/C16H20N2O2S/c1-10-3-6-12-13(9-10)21-15(14(12)17)16(19)18(7-8-20-2)11-4-5-11/h3,6,9,11H,4-5,7-8,17H2,1-2H3. The molecule has 1 fully saturated rings. The number of nitrogens with two attached hydrogens (primary N) is 1. The molecule has 0 saturated heterocycles. The molecule has 1 aromatic carbocycles. The predicted molar refractivity (Wildman–Crippen MR) is 86.9 cm³/mol. The molecular formula is C16H20N2O2S. The number of fused-ring (bicyclic) bond motifs is 1. The Bertz CT molecular complexity index is 676. The predicted octanol–water partition coefficient (Wildman–Crippen LogP) is 3.04. The smallest absolute Gasteiger partial charge is 0.266 e. The van der Waals surface area contributed by atoms with Crippen molar-refractivity contribution in [2.75, 3.05) is 26.0 Å². The lowest BCUT2D eigenvalue weighted by Crippen LogP contribution is -2.35. The molecule has 1 heterocycles. The van der Waals surface area contributed by atoms with Gasteiger partial charge in [0.05, 0.1) is 12.3 Å². The van der Waals surface area contributed by atoms with Crippen molar-refractivity contribution in [3.05, 3.63) is 28.6 Å². The lowest BCUT2D eigenvalue weighted by atomic mass is 10.1. The van der Waals surface area contributed by atoms with Crippen LogP contribution in [0.4, 0.5) is 5.69 Å². The first-order chi connectivity index (χ1) is 10.1. The summed E-state index contributed by atoms with van der Waals surface area (Å²) in [5, 5.41) is 0.983. The number of carbonyl (C=O) groups excluding carboxylic acids is 1. The summed E-state index contributed by atoms with van der Waals surface area (Å²) >= 11 is 1.50. The quantitative estimate of drug-likeness (QED) is 0.923. The van der Waals surface area contributed by atoms with Crippen molar-refractivity contribution >= 4 is 33.0 Å². The second-order valence-corrected chi connectivity index (χ2v) is 6.62. The van der Waals surface area contributed by atoms with E-state index in [2.05, 4.69) is 6.07 Å². The van der Waals surface area contributed by atoms with Gasteiger partial charge in [0.25, 0.3) is 5.91 Å². The summed E-state index contributed by atoms with van der Waals surface area (Å²) < 4.78 is 6.20. The third kappa shape index (κ3) is 2.76. The number of hydrogen-bond acceptors (Lipinski definition) is 4. The zero-order chi connectivity index (χ0) is 15.0. The average Bonchev–Trinajstić information content (AvgIpc) is 3.24. The topological polar surface area (TPSA) is 55.6 Å². The molecular weight excluding hydrogens is 284 g/mol. The van der Waals surface area contributed by atoms with Crippen molar-refractivity contribution in [1.29, 1.82) is 0 Å². The molecule has 112 valence electrons. The van der Waals surface area contributed by atoms with Crippen molar-refractivity contribution in [3.63, 3.8) is 0 Å². The van der Waals surface area contributed by atoms with Gasteiger partial charge >= 0.3 is 0 Å². The van der Waals surface area contributed by atoms with Crippen molar-refractivity contribution in [1.82, 2.24) is 4.90 Å². The van der Waals surface area contributed by atoms with Gasteiger partial charge < -0.3 is 15.4 Å². The van der Waals surface area contributed by atoms with Crippen LogP contribution in [0.15, 0.2) is 18.2 Å². The lowest BCUT2D eigenvalue weighted by molar-refractivity contribution is 0.0686. The number of ether oxygens (including phenoxy) is 1. The zero-order valence-corrected chi connectivity index (χ0v) is 13.2. The van der Waals surface area contributed by atoms with Crippen LogP contribution in [0.5, 0.6) is 0 Å². The van der Waals surface area contributed by atoms with Crippen molar-refractivity contribution in [3.8, 4) is 0 Å². The Morgan fingerprint density at radius 2 is 2.24 bits per heavy atom. The summed E-state index contributed by atoms with van der Waals surface area (Å²) in [5.74, 6) is 0.0471. The molecule has 3 rings (SSSR count). The molecule has 1 aliphatic carbocycles. The van der Waals surface area contributed by atoms with Crippen LogP contribution in [0, 0.1) is 6.92 Å². The Morgan fingerprint density at radius 3 is 2.90 bits per heavy atom. The third-order valence-electron chi connectivity index (χ3n) is 3.86. The van der Waals surface area contributed by atoms with Gasteiger partial charge in [0, 0.05) is 29.8 Å². The van der Waals surface area contributed by atoms with E-state index in [0.29, 0.717) is 29.8 Å². The van der Waals surface area contributed by atoms with Gasteiger partial charge in [-0.05, 0) is 31.4 Å². The first-order valence-corrected chi connectivity index (χ1v) is 8.02. The highest BCUT2D eigenvalue weighted by molar-refractivity contribution is 7.21. The second kappa shape index (κ2) is 5.66. The number of carbonyl (C=O) groups is 1. The minimum Gasteiger partial charge on any atom is -0.397 e. The molecule has 21 heavy (non-hydrogen) atoms. The zero-order valence-electron chi connectivity index (χ0n) is 12.4. The number of methoxy groups -OCH3 is 1. The minimum absolute atomic E-state index is 0.0471. The van der Waals surface area contributed by atoms with Crippen LogP contribution in [0.3, 0.4) is 0 Å². The van der Waals surface area contributed by atoms with E-state index in [1.807, 2.05) is 24.0 Å². The van der Waals surface area contributed by atoms with Gasteiger partial charge in [0.1, 0.15) is 4.88 Å². The summed E-state index contributed by atoms with van der Waals surface area (Å²) in [4.78, 5) is 15.4. The van der Waals surface area contributed by atoms with Crippen LogP contribution in [-0.4, -0.2) is 37.1 Å². The SMILES string of the molecule is COCCN(C(=O)c1sc2cc(C)ccc2c1N)C1CC1. The van der Waals surface area contributed by atoms with E-state index >= 15 is 0 Å². The Balaban J connectivity index is 1.94. The number of thiophene rings is 1. The van der Waals surface area contributed by atoms with E-state index in [1.54, 1.807) is 7.11 Å². The van der Waals surface area contributed by atoms with E-state index in [0.717, 1.165) is 22.9 Å². The first-order valence-electron chi connectivity index (χ1n) is 7.20. The van der Waals surface area contributed by atoms with Crippen molar-refractivity contribution in [2.45, 2.75) is 25.8 Å². The van der Waals surface area contributed by atoms with Gasteiger partial charge in [-0.15, -0.1) is 11.3 Å². The van der Waals surface area contributed by atoms with Gasteiger partial charge in [-0.1, -0.05) is 12.1 Å². The van der Waals surface area contributed by atoms with E-state index in [1.165, 1.54) is 16.9 Å². The molecule has 1 aromatic heterocycles. The largest absolute Gasteiger partial charge is 0.397 e. The molecule has 0 atom stereocenters. The molecule has 1 saturated carbocycles. The Morgan fingerprint density at radius 1 is 1.48 bits per heavy atom. The van der Waals surface area contributed by atoms with E-state index in [9.17, 15) is 4.79 Å². The number of hydrogen-bond donors (Lipinski definition) is 1. The second-order valence-electron chi connectivity index (χ2n) is 5.57. The highest BCUT2D eigenvalue weighted by Gasteiger charge is 2.34. The van der Waals surface area contributed by atoms with Crippen LogP contribution in [-0.2, 0) is 4.74 Å². The van der Waals surface area contributed by atoms with E-state index < -0.39 is 0 Å². The molecule has 0 unspecified atom stereocenters. The molecule has 0 radical (unpaired) electrons. The van der Waals surface area contributed by atoms with Gasteiger partial charge in [-0.25, -0.2) is 0 Å². The van der Waals surface area contributed by atoms with Gasteiger partial charge in [-0.2, -0.15) is 0 Å². The van der Waals surface area contributed by atoms with Crippen LogP contribution < -0.4 is 5.73 Å². The normalized spacial score (nSPS) is 14.6. The van der Waals surface area contributed by atoms with Crippen molar-refractivity contribution < 1.29 is 9.53 Å². The molecule has 4 nitrogen and oxygen atoms in total. The monoisotopic (exact) mass is 304 g/mol. The summed E-state index contributed by atoms with van der Waals surface area (Å²) in [7, 11) is 1.66. The summed E-state index contributed by atoms with van der Waals surface area (Å²) in [6.45, 7) is 3.24. The van der Waals surface area contributed by atoms with Crippen LogP contribution in [0.2, 0.25) is 0 Å². The lowest BCUT2D eigenvalue weighted by Gasteiger charge is -2.21. The highest BCUT2D eigenvalue weighted by atomic mass is 32.1. The number of benzene rings is 1. The molecule has 1 aliphatic rings. The first kappa shape index (κ1) is 14.4.